The van der Waals surface area contributed by atoms with Crippen molar-refractivity contribution in [3.8, 4) is 0 Å². The van der Waals surface area contributed by atoms with Gasteiger partial charge in [0.25, 0.3) is 0 Å². The van der Waals surface area contributed by atoms with Crippen LogP contribution in [0.5, 0.6) is 0 Å². The highest BCUT2D eigenvalue weighted by Crippen LogP contribution is 2.19. The van der Waals surface area contributed by atoms with Crippen LogP contribution in [0.25, 0.3) is 10.9 Å². The molecule has 2 rings (SSSR count). The number of amides is 1. The minimum atomic E-state index is -0.346. The zero-order valence-corrected chi connectivity index (χ0v) is 10.1. The van der Waals surface area contributed by atoms with E-state index < -0.39 is 0 Å². The molecule has 2 aromatic rings. The summed E-state index contributed by atoms with van der Waals surface area (Å²) >= 11 is 3.27. The third kappa shape index (κ3) is 2.22. The maximum atomic E-state index is 11.0. The Morgan fingerprint density at radius 2 is 2.19 bits per heavy atom. The molecule has 0 saturated heterocycles. The zero-order valence-electron chi connectivity index (χ0n) is 8.56. The Labute approximate surface area is 102 Å². The molecule has 0 bridgehead atoms. The summed E-state index contributed by atoms with van der Waals surface area (Å²) in [5.74, 6) is -0.346. The van der Waals surface area contributed by atoms with E-state index in [1.807, 2.05) is 30.3 Å². The number of primary amides is 1. The van der Waals surface area contributed by atoms with Gasteiger partial charge in [-0.2, -0.15) is 0 Å². The topological polar surface area (TPSA) is 56.0 Å². The molecule has 0 aliphatic carbocycles. The number of aromatic nitrogens is 1. The third-order valence-electron chi connectivity index (χ3n) is 2.44. The number of hydrogen-bond donors (Lipinski definition) is 1. The smallest absolute Gasteiger partial charge is 0.231 e. The zero-order chi connectivity index (χ0) is 11.5. The molecule has 4 heteroatoms. The number of hydrogen-bond acceptors (Lipinski definition) is 2. The van der Waals surface area contributed by atoms with E-state index in [2.05, 4.69) is 20.9 Å². The molecule has 0 radical (unpaired) electrons. The van der Waals surface area contributed by atoms with Crippen LogP contribution >= 0.6 is 15.9 Å². The van der Waals surface area contributed by atoms with Gasteiger partial charge in [0.2, 0.25) is 5.91 Å². The minimum absolute atomic E-state index is 0.335. The Kier molecular flexibility index (Phi) is 3.19. The number of carbonyl (C=O) groups excluding carboxylic acids is 1. The van der Waals surface area contributed by atoms with Crippen molar-refractivity contribution >= 4 is 32.7 Å². The molecule has 0 saturated carbocycles. The predicted octanol–water partition coefficient (Wildman–Crippen LogP) is 2.03. The van der Waals surface area contributed by atoms with Gasteiger partial charge in [0, 0.05) is 11.6 Å². The van der Waals surface area contributed by atoms with E-state index in [1.54, 1.807) is 6.20 Å². The third-order valence-corrected chi connectivity index (χ3v) is 3.22. The Bertz CT molecular complexity index is 522. The van der Waals surface area contributed by atoms with Crippen LogP contribution in [0.3, 0.4) is 0 Å². The fourth-order valence-electron chi connectivity index (χ4n) is 1.64. The van der Waals surface area contributed by atoms with E-state index in [1.165, 1.54) is 0 Å². The summed E-state index contributed by atoms with van der Waals surface area (Å²) < 4.78 is 0. The molecule has 82 valence electrons. The number of rotatable bonds is 3. The average Bonchev–Trinajstić information content (AvgIpc) is 2.29. The number of nitrogens with two attached hydrogens (primary N) is 1. The van der Waals surface area contributed by atoms with E-state index in [0.29, 0.717) is 6.42 Å². The lowest BCUT2D eigenvalue weighted by atomic mass is 10.0. The monoisotopic (exact) mass is 278 g/mol. The average molecular weight is 279 g/mol. The van der Waals surface area contributed by atoms with Gasteiger partial charge in [0.05, 0.1) is 10.3 Å². The molecule has 16 heavy (non-hydrogen) atoms. The van der Waals surface area contributed by atoms with Gasteiger partial charge in [0.15, 0.2) is 0 Å². The first-order valence-corrected chi connectivity index (χ1v) is 5.86. The molecule has 0 spiro atoms. The highest BCUT2D eigenvalue weighted by molar-refractivity contribution is 9.10. The predicted molar refractivity (Wildman–Crippen MR) is 67.4 cm³/mol. The largest absolute Gasteiger partial charge is 0.369 e. The quantitative estimate of drug-likeness (QED) is 0.874. The molecular formula is C12H11BrN2O. The molecule has 1 amide bonds. The van der Waals surface area contributed by atoms with Crippen molar-refractivity contribution in [2.24, 2.45) is 5.73 Å². The number of carbonyl (C=O) groups is 1. The van der Waals surface area contributed by atoms with Gasteiger partial charge in [-0.05, 0) is 24.1 Å². The van der Waals surface area contributed by atoms with Crippen molar-refractivity contribution in [3.63, 3.8) is 0 Å². The summed E-state index contributed by atoms with van der Waals surface area (Å²) in [5, 5.41) is 1.07. The van der Waals surface area contributed by atoms with Gasteiger partial charge >= 0.3 is 0 Å². The number of nitrogens with zero attached hydrogens (tertiary/aromatic N) is 1. The lowest BCUT2D eigenvalue weighted by Crippen LogP contribution is -2.25. The Morgan fingerprint density at radius 1 is 1.38 bits per heavy atom. The van der Waals surface area contributed by atoms with Gasteiger partial charge in [0.1, 0.15) is 0 Å². The Hall–Kier alpha value is -1.42. The first-order valence-electron chi connectivity index (χ1n) is 4.94. The van der Waals surface area contributed by atoms with Crippen molar-refractivity contribution in [2.75, 3.05) is 0 Å². The fraction of sp³-hybridized carbons (Fsp3) is 0.167. The molecule has 2 N–H and O–H groups in total. The number of benzene rings is 1. The van der Waals surface area contributed by atoms with Gasteiger partial charge in [-0.15, -0.1) is 0 Å². The lowest BCUT2D eigenvalue weighted by molar-refractivity contribution is -0.117. The second-order valence-corrected chi connectivity index (χ2v) is 4.67. The first-order chi connectivity index (χ1) is 7.68. The number of halogens is 1. The molecule has 3 nitrogen and oxygen atoms in total. The minimum Gasteiger partial charge on any atom is -0.369 e. The van der Waals surface area contributed by atoms with Crippen LogP contribution < -0.4 is 5.73 Å². The molecule has 1 aromatic carbocycles. The van der Waals surface area contributed by atoms with Gasteiger partial charge in [-0.25, -0.2) is 0 Å². The standard InChI is InChI=1S/C12H11BrN2O/c13-10(12(14)16)7-8-3-1-5-11-9(8)4-2-6-15-11/h1-6,10H,7H2,(H2,14,16). The number of pyridine rings is 1. The van der Waals surface area contributed by atoms with Crippen LogP contribution in [-0.2, 0) is 11.2 Å². The van der Waals surface area contributed by atoms with E-state index in [4.69, 9.17) is 5.73 Å². The Morgan fingerprint density at radius 3 is 2.94 bits per heavy atom. The van der Waals surface area contributed by atoms with Crippen LogP contribution in [-0.4, -0.2) is 15.7 Å². The lowest BCUT2D eigenvalue weighted by Gasteiger charge is -2.08. The number of alkyl halides is 1. The molecule has 1 unspecified atom stereocenters. The first kappa shape index (κ1) is 11.1. The molecular weight excluding hydrogens is 268 g/mol. The van der Waals surface area contributed by atoms with E-state index in [9.17, 15) is 4.79 Å². The highest BCUT2D eigenvalue weighted by Gasteiger charge is 2.13. The van der Waals surface area contributed by atoms with Crippen molar-refractivity contribution < 1.29 is 4.79 Å². The van der Waals surface area contributed by atoms with Crippen molar-refractivity contribution in [2.45, 2.75) is 11.2 Å². The van der Waals surface area contributed by atoms with Gasteiger partial charge in [-0.1, -0.05) is 34.1 Å². The second-order valence-electron chi connectivity index (χ2n) is 3.56. The van der Waals surface area contributed by atoms with Crippen LogP contribution in [0.2, 0.25) is 0 Å². The van der Waals surface area contributed by atoms with Crippen LogP contribution in [0.15, 0.2) is 36.5 Å². The molecule has 1 aromatic heterocycles. The summed E-state index contributed by atoms with van der Waals surface area (Å²) in [5.41, 5.74) is 7.24. The van der Waals surface area contributed by atoms with Crippen LogP contribution in [0, 0.1) is 0 Å². The van der Waals surface area contributed by atoms with Crippen molar-refractivity contribution in [1.82, 2.24) is 4.98 Å². The van der Waals surface area contributed by atoms with E-state index in [0.717, 1.165) is 16.5 Å². The summed E-state index contributed by atoms with van der Waals surface area (Å²) in [6, 6.07) is 9.76. The summed E-state index contributed by atoms with van der Waals surface area (Å²) in [4.78, 5) is 14.9. The molecule has 0 fully saturated rings. The molecule has 0 aliphatic rings. The molecule has 0 aliphatic heterocycles. The molecule has 1 heterocycles. The molecule has 1 atom stereocenters. The fourth-order valence-corrected chi connectivity index (χ4v) is 1.99. The SMILES string of the molecule is NC(=O)C(Br)Cc1cccc2ncccc12. The van der Waals surface area contributed by atoms with Gasteiger partial charge < -0.3 is 5.73 Å². The number of fused-ring (bicyclic) bond motifs is 1. The maximum absolute atomic E-state index is 11.0. The van der Waals surface area contributed by atoms with E-state index >= 15 is 0 Å². The summed E-state index contributed by atoms with van der Waals surface area (Å²) in [6.07, 6.45) is 2.34. The van der Waals surface area contributed by atoms with E-state index in [-0.39, 0.29) is 10.7 Å². The van der Waals surface area contributed by atoms with Crippen LogP contribution in [0.4, 0.5) is 0 Å². The van der Waals surface area contributed by atoms with Crippen molar-refractivity contribution in [1.29, 1.82) is 0 Å². The van der Waals surface area contributed by atoms with Crippen molar-refractivity contribution in [3.05, 3.63) is 42.1 Å². The maximum Gasteiger partial charge on any atom is 0.231 e. The summed E-state index contributed by atoms with van der Waals surface area (Å²) in [7, 11) is 0. The normalized spacial score (nSPS) is 12.6. The highest BCUT2D eigenvalue weighted by atomic mass is 79.9. The second kappa shape index (κ2) is 4.61. The Balaban J connectivity index is 2.41. The van der Waals surface area contributed by atoms with Gasteiger partial charge in [-0.3, -0.25) is 9.78 Å². The van der Waals surface area contributed by atoms with Crippen LogP contribution in [0.1, 0.15) is 5.56 Å². The summed E-state index contributed by atoms with van der Waals surface area (Å²) in [6.45, 7) is 0.